The van der Waals surface area contributed by atoms with Crippen LogP contribution in [0.3, 0.4) is 0 Å². The minimum Gasteiger partial charge on any atom is -0.497 e. The molecule has 35 heavy (non-hydrogen) atoms. The molecule has 0 saturated heterocycles. The second kappa shape index (κ2) is 11.3. The average Bonchev–Trinajstić information content (AvgIpc) is 3.18. The van der Waals surface area contributed by atoms with Crippen LogP contribution in [0.2, 0.25) is 0 Å². The molecule has 2 aromatic rings. The second-order valence-electron chi connectivity index (χ2n) is 7.64. The number of carbonyl (C=O) groups is 4. The van der Waals surface area contributed by atoms with Crippen LogP contribution in [-0.2, 0) is 19.1 Å². The van der Waals surface area contributed by atoms with Crippen molar-refractivity contribution in [1.29, 1.82) is 0 Å². The Morgan fingerprint density at radius 3 is 2.20 bits per heavy atom. The van der Waals surface area contributed by atoms with Crippen LogP contribution in [0, 0.1) is 0 Å². The number of nitrogens with one attached hydrogen (secondary N) is 1. The van der Waals surface area contributed by atoms with E-state index >= 15 is 0 Å². The molecule has 0 radical (unpaired) electrons. The maximum Gasteiger partial charge on any atom is 0.338 e. The fourth-order valence-corrected chi connectivity index (χ4v) is 3.46. The van der Waals surface area contributed by atoms with E-state index in [2.05, 4.69) is 5.32 Å². The molecular weight excluding hydrogens is 456 g/mol. The molecule has 184 valence electrons. The summed E-state index contributed by atoms with van der Waals surface area (Å²) >= 11 is 0. The van der Waals surface area contributed by atoms with Gasteiger partial charge in [0.25, 0.3) is 5.91 Å². The third-order valence-electron chi connectivity index (χ3n) is 5.37. The number of amides is 1. The van der Waals surface area contributed by atoms with E-state index < -0.39 is 23.9 Å². The Morgan fingerprint density at radius 2 is 1.63 bits per heavy atom. The van der Waals surface area contributed by atoms with Crippen molar-refractivity contribution in [3.05, 3.63) is 70.9 Å². The van der Waals surface area contributed by atoms with Crippen molar-refractivity contribution in [2.24, 2.45) is 0 Å². The topological polar surface area (TPSA) is 131 Å². The van der Waals surface area contributed by atoms with Gasteiger partial charge in [-0.2, -0.15) is 0 Å². The van der Waals surface area contributed by atoms with Crippen molar-refractivity contribution in [2.75, 3.05) is 39.2 Å². The molecule has 3 rings (SSSR count). The van der Waals surface area contributed by atoms with Crippen molar-refractivity contribution in [3.8, 4) is 5.75 Å². The second-order valence-corrected chi connectivity index (χ2v) is 7.64. The van der Waals surface area contributed by atoms with Crippen LogP contribution in [0.25, 0.3) is 0 Å². The van der Waals surface area contributed by atoms with E-state index in [0.717, 1.165) is 0 Å². The molecule has 0 aromatic heterocycles. The first kappa shape index (κ1) is 25.4. The van der Waals surface area contributed by atoms with E-state index in [9.17, 15) is 19.2 Å². The predicted octanol–water partition coefficient (Wildman–Crippen LogP) is 1.80. The number of β-amino-alcohol motifs (C(OH)–C–C–N with tert-alkyl or cyclic N) is 1. The van der Waals surface area contributed by atoms with Crippen LogP contribution in [-0.4, -0.2) is 73.7 Å². The van der Waals surface area contributed by atoms with Crippen LogP contribution in [0.15, 0.2) is 59.8 Å². The average molecular weight is 482 g/mol. The molecule has 10 nitrogen and oxygen atoms in total. The van der Waals surface area contributed by atoms with Gasteiger partial charge in [0.05, 0.1) is 38.5 Å². The molecule has 1 unspecified atom stereocenters. The number of anilines is 1. The molecule has 2 N–H and O–H groups in total. The van der Waals surface area contributed by atoms with Crippen LogP contribution < -0.4 is 10.1 Å². The number of methoxy groups -OCH3 is 2. The zero-order valence-electron chi connectivity index (χ0n) is 19.6. The first-order valence-corrected chi connectivity index (χ1v) is 10.8. The molecule has 0 bridgehead atoms. The normalized spacial score (nSPS) is 13.9. The first-order valence-electron chi connectivity index (χ1n) is 10.8. The number of aliphatic hydroxyl groups is 1. The van der Waals surface area contributed by atoms with E-state index in [-0.39, 0.29) is 42.3 Å². The van der Waals surface area contributed by atoms with Gasteiger partial charge in [0.1, 0.15) is 11.4 Å². The quantitative estimate of drug-likeness (QED) is 0.384. The highest BCUT2D eigenvalue weighted by molar-refractivity contribution is 6.08. The molecule has 1 atom stereocenters. The first-order chi connectivity index (χ1) is 16.8. The summed E-state index contributed by atoms with van der Waals surface area (Å²) < 4.78 is 15.1. The highest BCUT2D eigenvalue weighted by Crippen LogP contribution is 2.23. The van der Waals surface area contributed by atoms with Crippen molar-refractivity contribution in [1.82, 2.24) is 4.90 Å². The number of Topliss-reactive ketones (excluding diaryl/α,β-unsaturated/α-hetero) is 1. The maximum absolute atomic E-state index is 12.6. The lowest BCUT2D eigenvalue weighted by Crippen LogP contribution is -2.31. The number of esters is 2. The Hall–Kier alpha value is -4.18. The van der Waals surface area contributed by atoms with Crippen LogP contribution in [0.5, 0.6) is 5.75 Å². The third kappa shape index (κ3) is 5.85. The molecule has 1 heterocycles. The molecular formula is C25H26N2O8. The van der Waals surface area contributed by atoms with Crippen molar-refractivity contribution < 1.29 is 38.5 Å². The van der Waals surface area contributed by atoms with Gasteiger partial charge in [-0.1, -0.05) is 0 Å². The molecule has 1 aliphatic heterocycles. The lowest BCUT2D eigenvalue weighted by molar-refractivity contribution is -0.136. The summed E-state index contributed by atoms with van der Waals surface area (Å²) in [7, 11) is 2.74. The predicted molar refractivity (Wildman–Crippen MR) is 125 cm³/mol. The van der Waals surface area contributed by atoms with Gasteiger partial charge < -0.3 is 29.5 Å². The SMILES string of the molecule is COC(=O)C1=C(Nc2ccc(C(=O)OC(C)C(=O)c3ccc(OC)cc3)cc2)C(=O)N(CCO)C1. The zero-order valence-corrected chi connectivity index (χ0v) is 19.6. The van der Waals surface area contributed by atoms with E-state index in [1.165, 1.54) is 50.3 Å². The van der Waals surface area contributed by atoms with E-state index in [4.69, 9.17) is 19.3 Å². The monoisotopic (exact) mass is 482 g/mol. The van der Waals surface area contributed by atoms with Gasteiger partial charge in [0, 0.05) is 17.8 Å². The minimum absolute atomic E-state index is 0.0128. The largest absolute Gasteiger partial charge is 0.497 e. The van der Waals surface area contributed by atoms with Gasteiger partial charge >= 0.3 is 11.9 Å². The lowest BCUT2D eigenvalue weighted by atomic mass is 10.1. The van der Waals surface area contributed by atoms with Gasteiger partial charge in [-0.15, -0.1) is 0 Å². The van der Waals surface area contributed by atoms with Gasteiger partial charge in [-0.05, 0) is 55.5 Å². The fourth-order valence-electron chi connectivity index (χ4n) is 3.46. The molecule has 0 spiro atoms. The Labute approximate surface area is 202 Å². The summed E-state index contributed by atoms with van der Waals surface area (Å²) in [5.41, 5.74) is 1.21. The van der Waals surface area contributed by atoms with Gasteiger partial charge in [-0.25, -0.2) is 9.59 Å². The number of hydrogen-bond acceptors (Lipinski definition) is 9. The van der Waals surface area contributed by atoms with Gasteiger partial charge in [-0.3, -0.25) is 9.59 Å². The van der Waals surface area contributed by atoms with E-state index in [1.54, 1.807) is 24.3 Å². The highest BCUT2D eigenvalue weighted by Gasteiger charge is 2.34. The summed E-state index contributed by atoms with van der Waals surface area (Å²) in [4.78, 5) is 51.1. The molecule has 2 aromatic carbocycles. The number of rotatable bonds is 10. The smallest absolute Gasteiger partial charge is 0.338 e. The Bertz CT molecular complexity index is 1140. The number of hydrogen-bond donors (Lipinski definition) is 2. The van der Waals surface area contributed by atoms with Crippen molar-refractivity contribution in [3.63, 3.8) is 0 Å². The standard InChI is InChI=1S/C25H26N2O8/c1-15(22(29)16-6-10-19(33-2)11-7-16)35-24(31)17-4-8-18(9-5-17)26-21-20(25(32)34-3)14-27(12-13-28)23(21)30/h4-11,15,26,28H,12-14H2,1-3H3. The van der Waals surface area contributed by atoms with E-state index in [1.807, 2.05) is 0 Å². The number of ether oxygens (including phenoxy) is 3. The summed E-state index contributed by atoms with van der Waals surface area (Å²) in [6.45, 7) is 1.33. The number of benzene rings is 2. The van der Waals surface area contributed by atoms with Gasteiger partial charge in [0.15, 0.2) is 6.10 Å². The third-order valence-corrected chi connectivity index (χ3v) is 5.37. The molecule has 1 amide bonds. The maximum atomic E-state index is 12.6. The van der Waals surface area contributed by atoms with Crippen molar-refractivity contribution >= 4 is 29.3 Å². The van der Waals surface area contributed by atoms with Crippen LogP contribution in [0.4, 0.5) is 5.69 Å². The Morgan fingerprint density at radius 1 is 1.00 bits per heavy atom. The Kier molecular flexibility index (Phi) is 8.21. The fraction of sp³-hybridized carbons (Fsp3) is 0.280. The molecule has 0 fully saturated rings. The summed E-state index contributed by atoms with van der Waals surface area (Å²) in [5, 5.41) is 12.0. The number of ketones is 1. The van der Waals surface area contributed by atoms with Crippen LogP contribution in [0.1, 0.15) is 27.6 Å². The van der Waals surface area contributed by atoms with E-state index in [0.29, 0.717) is 17.0 Å². The molecule has 0 aliphatic carbocycles. The molecule has 0 saturated carbocycles. The summed E-state index contributed by atoms with van der Waals surface area (Å²) in [6, 6.07) is 12.5. The number of carbonyl (C=O) groups excluding carboxylic acids is 4. The summed E-state index contributed by atoms with van der Waals surface area (Å²) in [6.07, 6.45) is -1.00. The number of aliphatic hydroxyl groups excluding tert-OH is 1. The minimum atomic E-state index is -1.00. The molecule has 10 heteroatoms. The van der Waals surface area contributed by atoms with Crippen LogP contribution >= 0.6 is 0 Å². The zero-order chi connectivity index (χ0) is 25.5. The van der Waals surface area contributed by atoms with Gasteiger partial charge in [0.2, 0.25) is 5.78 Å². The summed E-state index contributed by atoms with van der Waals surface area (Å²) in [5.74, 6) is -1.54. The number of nitrogens with zero attached hydrogens (tertiary/aromatic N) is 1. The lowest BCUT2D eigenvalue weighted by Gasteiger charge is -2.15. The molecule has 1 aliphatic rings. The Balaban J connectivity index is 1.67. The van der Waals surface area contributed by atoms with Crippen molar-refractivity contribution in [2.45, 2.75) is 13.0 Å². The highest BCUT2D eigenvalue weighted by atomic mass is 16.5.